The zero-order valence-electron chi connectivity index (χ0n) is 24.6. The summed E-state index contributed by atoms with van der Waals surface area (Å²) in [6.07, 6.45) is 1.72. The first-order valence-corrected chi connectivity index (χ1v) is 15.2. The number of ether oxygens (including phenoxy) is 1. The molecule has 4 N–H and O–H groups in total. The molecule has 0 bridgehead atoms. The number of aromatic nitrogens is 5. The lowest BCUT2D eigenvalue weighted by Gasteiger charge is -2.38. The Morgan fingerprint density at radius 2 is 1.78 bits per heavy atom. The summed E-state index contributed by atoms with van der Waals surface area (Å²) in [4.78, 5) is 28.8. The number of amides is 1. The summed E-state index contributed by atoms with van der Waals surface area (Å²) in [5.74, 6) is -1.41. The summed E-state index contributed by atoms with van der Waals surface area (Å²) in [6, 6.07) is 7.76. The molecule has 1 amide bonds. The van der Waals surface area contributed by atoms with E-state index < -0.39 is 30.5 Å². The molecule has 3 fully saturated rings. The molecule has 1 saturated carbocycles. The van der Waals surface area contributed by atoms with E-state index in [2.05, 4.69) is 42.4 Å². The first-order valence-electron chi connectivity index (χ1n) is 15.2. The Morgan fingerprint density at radius 3 is 2.49 bits per heavy atom. The zero-order chi connectivity index (χ0) is 31.6. The number of nitrogen functional groups attached to an aromatic ring is 1. The van der Waals surface area contributed by atoms with E-state index in [1.54, 1.807) is 0 Å². The van der Waals surface area contributed by atoms with Gasteiger partial charge in [-0.05, 0) is 62.1 Å². The molecule has 3 aromatic rings. The van der Waals surface area contributed by atoms with Gasteiger partial charge in [0.25, 0.3) is 5.95 Å². The van der Waals surface area contributed by atoms with Crippen LogP contribution in [0.1, 0.15) is 58.6 Å². The maximum absolute atomic E-state index is 14.8. The predicted molar refractivity (Wildman–Crippen MR) is 171 cm³/mol. The van der Waals surface area contributed by atoms with Crippen molar-refractivity contribution in [1.29, 1.82) is 0 Å². The van der Waals surface area contributed by atoms with Crippen molar-refractivity contribution in [2.75, 3.05) is 55.3 Å². The first-order chi connectivity index (χ1) is 21.6. The molecule has 1 aliphatic carbocycles. The number of nitrogens with one attached hydrogen (secondary N) is 2. The summed E-state index contributed by atoms with van der Waals surface area (Å²) in [5.41, 5.74) is 8.14. The van der Waals surface area contributed by atoms with Gasteiger partial charge in [0.2, 0.25) is 17.8 Å². The van der Waals surface area contributed by atoms with Crippen LogP contribution in [0.15, 0.2) is 30.5 Å². The Morgan fingerprint density at radius 1 is 1.04 bits per heavy atom. The van der Waals surface area contributed by atoms with Crippen molar-refractivity contribution in [2.45, 2.75) is 62.7 Å². The third-order valence-electron chi connectivity index (χ3n) is 8.72. The van der Waals surface area contributed by atoms with Crippen molar-refractivity contribution in [3.63, 3.8) is 0 Å². The number of halogens is 4. The van der Waals surface area contributed by atoms with Crippen molar-refractivity contribution in [3.8, 4) is 5.95 Å². The van der Waals surface area contributed by atoms with Crippen LogP contribution in [-0.4, -0.2) is 93.2 Å². The normalized spacial score (nSPS) is 22.8. The van der Waals surface area contributed by atoms with Crippen molar-refractivity contribution in [1.82, 2.24) is 34.9 Å². The van der Waals surface area contributed by atoms with Crippen LogP contribution in [0.5, 0.6) is 0 Å². The van der Waals surface area contributed by atoms with E-state index in [1.165, 1.54) is 23.3 Å². The number of anilines is 4. The van der Waals surface area contributed by atoms with Gasteiger partial charge >= 0.3 is 6.18 Å². The minimum absolute atomic E-state index is 0. The maximum atomic E-state index is 14.8. The Kier molecular flexibility index (Phi) is 9.03. The summed E-state index contributed by atoms with van der Waals surface area (Å²) in [5, 5.41) is 9.32. The highest BCUT2D eigenvalue weighted by Gasteiger charge is 2.36. The lowest BCUT2D eigenvalue weighted by Crippen LogP contribution is -2.46. The molecule has 2 aromatic heterocycles. The quantitative estimate of drug-likeness (QED) is 0.287. The molecule has 3 aliphatic rings. The van der Waals surface area contributed by atoms with E-state index in [9.17, 15) is 22.4 Å². The zero-order valence-corrected chi connectivity index (χ0v) is 24.6. The highest BCUT2D eigenvalue weighted by Crippen LogP contribution is 2.36. The highest BCUT2D eigenvalue weighted by molar-refractivity contribution is 5.85. The molecule has 6 rings (SSSR count). The molecule has 2 saturated heterocycles. The van der Waals surface area contributed by atoms with Crippen LogP contribution < -0.4 is 21.3 Å². The lowest BCUT2D eigenvalue weighted by atomic mass is 9.81. The molecule has 4 heterocycles. The summed E-state index contributed by atoms with van der Waals surface area (Å²) in [6.45, 7) is 2.43. The van der Waals surface area contributed by atoms with Crippen molar-refractivity contribution in [2.24, 2.45) is 0 Å². The van der Waals surface area contributed by atoms with E-state index in [0.717, 1.165) is 55.7 Å². The van der Waals surface area contributed by atoms with Crippen LogP contribution >= 0.6 is 0 Å². The summed E-state index contributed by atoms with van der Waals surface area (Å²) in [7, 11) is 0. The average molecular weight is 645 g/mol. The maximum Gasteiger partial charge on any atom is 0.405 e. The molecule has 16 heteroatoms. The van der Waals surface area contributed by atoms with Crippen LogP contribution in [0.3, 0.4) is 0 Å². The fourth-order valence-electron chi connectivity index (χ4n) is 6.46. The number of rotatable bonds is 8. The van der Waals surface area contributed by atoms with Gasteiger partial charge in [0.05, 0.1) is 19.4 Å². The fourth-order valence-corrected chi connectivity index (χ4v) is 6.46. The minimum Gasteiger partial charge on any atom is -0.379 e. The second kappa shape index (κ2) is 13.1. The van der Waals surface area contributed by atoms with E-state index >= 15 is 0 Å². The second-order valence-corrected chi connectivity index (χ2v) is 11.6. The molecule has 45 heavy (non-hydrogen) atoms. The number of nitrogens with zero attached hydrogens (tertiary/aromatic N) is 7. The van der Waals surface area contributed by atoms with Gasteiger partial charge in [-0.2, -0.15) is 27.8 Å². The first kappa shape index (κ1) is 31.0. The van der Waals surface area contributed by atoms with E-state index in [1.807, 2.05) is 17.4 Å². The van der Waals surface area contributed by atoms with Gasteiger partial charge in [0, 0.05) is 39.9 Å². The Hall–Kier alpha value is -4.05. The summed E-state index contributed by atoms with van der Waals surface area (Å²) < 4.78 is 59.3. The van der Waals surface area contributed by atoms with Gasteiger partial charge in [-0.25, -0.2) is 9.37 Å². The Labute approximate surface area is 266 Å². The standard InChI is InChI=1S/C29H36F4N10O2.6H2/c30-22-16-35-28(38-24(22)42-11-1-2-23(42)25(44)36-17-29(31,32)33)43-26(34)39-27(40-43)37-20-7-3-18(4-8-20)19-5-9-21(10-6-19)41-12-14-45-15-13-41;;;;;;/h3-4,7-8,16,19,21,23H,1-2,5-6,9-15,17H2,(H,36,44)(H3,34,37,39,40);6*1H/t19?,21?,23-;;;;;;/m1....../s1. The largest absolute Gasteiger partial charge is 0.405 e. The molecule has 12 nitrogen and oxygen atoms in total. The molecule has 1 aromatic carbocycles. The minimum atomic E-state index is -4.56. The number of alkyl halides is 3. The predicted octanol–water partition coefficient (Wildman–Crippen LogP) is 5.00. The molecule has 0 spiro atoms. The number of carbonyl (C=O) groups is 1. The van der Waals surface area contributed by atoms with Gasteiger partial charge in [0.1, 0.15) is 12.6 Å². The van der Waals surface area contributed by atoms with Crippen LogP contribution in [-0.2, 0) is 9.53 Å². The Balaban J connectivity index is 0.00000417. The van der Waals surface area contributed by atoms with Crippen LogP contribution in [0.2, 0.25) is 0 Å². The second-order valence-electron chi connectivity index (χ2n) is 11.6. The van der Waals surface area contributed by atoms with Crippen molar-refractivity contribution < 1.29 is 35.7 Å². The van der Waals surface area contributed by atoms with Gasteiger partial charge < -0.3 is 26.0 Å². The number of morpholine rings is 1. The van der Waals surface area contributed by atoms with E-state index in [-0.39, 0.29) is 45.2 Å². The lowest BCUT2D eigenvalue weighted by molar-refractivity contribution is -0.139. The molecule has 2 aliphatic heterocycles. The van der Waals surface area contributed by atoms with Crippen molar-refractivity contribution in [3.05, 3.63) is 41.8 Å². The van der Waals surface area contributed by atoms with Crippen LogP contribution in [0.4, 0.5) is 41.0 Å². The molecule has 254 valence electrons. The molecular formula is C29H48F4N10O2. The third-order valence-corrected chi connectivity index (χ3v) is 8.72. The number of carbonyl (C=O) groups excluding carboxylic acids is 1. The monoisotopic (exact) mass is 644 g/mol. The number of hydrogen-bond acceptors (Lipinski definition) is 10. The van der Waals surface area contributed by atoms with Gasteiger partial charge in [-0.3, -0.25) is 9.69 Å². The molecule has 0 radical (unpaired) electrons. The van der Waals surface area contributed by atoms with Crippen LogP contribution in [0, 0.1) is 5.82 Å². The fraction of sp³-hybridized carbons (Fsp3) is 0.552. The third kappa shape index (κ3) is 7.27. The summed E-state index contributed by atoms with van der Waals surface area (Å²) >= 11 is 0. The number of hydrogen-bond donors (Lipinski definition) is 3. The molecule has 0 unspecified atom stereocenters. The van der Waals surface area contributed by atoms with Gasteiger partial charge in [-0.15, -0.1) is 5.10 Å². The van der Waals surface area contributed by atoms with Gasteiger partial charge in [0.15, 0.2) is 11.6 Å². The van der Waals surface area contributed by atoms with Crippen LogP contribution in [0.25, 0.3) is 5.95 Å². The van der Waals surface area contributed by atoms with Crippen molar-refractivity contribution >= 4 is 29.3 Å². The SMILES string of the molecule is Nc1nc(Nc2ccc(C3CCC(N4CCOCC4)CC3)cc2)nn1-c1ncc(F)c(N2CCC[C@@H]2C(=O)NCC(F)(F)F)n1.[HH].[HH].[HH].[HH].[HH].[HH]. The molecular weight excluding hydrogens is 596 g/mol. The number of nitrogens with two attached hydrogens (primary N) is 1. The highest BCUT2D eigenvalue weighted by atomic mass is 19.4. The van der Waals surface area contributed by atoms with Gasteiger partial charge in [-0.1, -0.05) is 12.1 Å². The molecule has 1 atom stereocenters. The topological polar surface area (TPSA) is 139 Å². The number of benzene rings is 1. The average Bonchev–Trinajstić information content (AvgIpc) is 3.67. The smallest absolute Gasteiger partial charge is 0.379 e. The Bertz CT molecular complexity index is 1500. The van der Waals surface area contributed by atoms with E-state index in [0.29, 0.717) is 18.4 Å². The van der Waals surface area contributed by atoms with E-state index in [4.69, 9.17) is 10.5 Å².